The number of ether oxygens (including phenoxy) is 2. The van der Waals surface area contributed by atoms with E-state index in [1.165, 1.54) is 6.07 Å². The van der Waals surface area contributed by atoms with Crippen molar-refractivity contribution < 1.29 is 24.5 Å². The normalized spacial score (nSPS) is 17.8. The van der Waals surface area contributed by atoms with E-state index in [4.69, 9.17) is 9.47 Å². The predicted octanol–water partition coefficient (Wildman–Crippen LogP) is 5.26. The van der Waals surface area contributed by atoms with Gasteiger partial charge in [0.25, 0.3) is 0 Å². The minimum Gasteiger partial charge on any atom is -0.508 e. The van der Waals surface area contributed by atoms with E-state index >= 15 is 0 Å². The Bertz CT molecular complexity index is 1390. The molecule has 32 heavy (non-hydrogen) atoms. The van der Waals surface area contributed by atoms with E-state index in [1.807, 2.05) is 48.5 Å². The van der Waals surface area contributed by atoms with Crippen molar-refractivity contribution in [1.29, 1.82) is 0 Å². The van der Waals surface area contributed by atoms with Crippen molar-refractivity contribution >= 4 is 5.97 Å². The molecule has 0 aromatic heterocycles. The van der Waals surface area contributed by atoms with Gasteiger partial charge in [-0.2, -0.15) is 0 Å². The summed E-state index contributed by atoms with van der Waals surface area (Å²) >= 11 is 0. The van der Waals surface area contributed by atoms with Crippen molar-refractivity contribution in [3.63, 3.8) is 0 Å². The van der Waals surface area contributed by atoms with Gasteiger partial charge in [-0.3, -0.25) is 0 Å². The van der Waals surface area contributed by atoms with E-state index in [2.05, 4.69) is 0 Å². The lowest BCUT2D eigenvalue weighted by Crippen LogP contribution is -2.33. The Kier molecular flexibility index (Phi) is 3.83. The second-order valence-electron chi connectivity index (χ2n) is 8.04. The van der Waals surface area contributed by atoms with Crippen LogP contribution in [0.3, 0.4) is 0 Å². The molecule has 4 aromatic rings. The maximum Gasteiger partial charge on any atom is 0.340 e. The van der Waals surface area contributed by atoms with Gasteiger partial charge in [-0.25, -0.2) is 4.79 Å². The molecule has 1 spiro atoms. The number of aromatic hydroxyl groups is 2. The molecule has 156 valence electrons. The zero-order valence-corrected chi connectivity index (χ0v) is 16.9. The molecule has 2 aliphatic heterocycles. The first-order valence-corrected chi connectivity index (χ1v) is 10.3. The number of carbonyl (C=O) groups excluding carboxylic acids is 1. The lowest BCUT2D eigenvalue weighted by Gasteiger charge is -2.37. The quantitative estimate of drug-likeness (QED) is 0.431. The minimum absolute atomic E-state index is 0.0323. The van der Waals surface area contributed by atoms with Crippen LogP contribution in [0.4, 0.5) is 0 Å². The fourth-order valence-corrected chi connectivity index (χ4v) is 4.70. The van der Waals surface area contributed by atoms with Crippen LogP contribution in [0.5, 0.6) is 23.0 Å². The van der Waals surface area contributed by atoms with E-state index in [1.54, 1.807) is 30.3 Å². The zero-order valence-electron chi connectivity index (χ0n) is 16.9. The molecule has 5 nitrogen and oxygen atoms in total. The smallest absolute Gasteiger partial charge is 0.340 e. The topological polar surface area (TPSA) is 76.0 Å². The Morgan fingerprint density at radius 2 is 1.50 bits per heavy atom. The highest BCUT2D eigenvalue weighted by Crippen LogP contribution is 2.57. The number of benzene rings is 4. The fraction of sp³-hybridized carbons (Fsp3) is 0.0741. The van der Waals surface area contributed by atoms with E-state index < -0.39 is 11.6 Å². The summed E-state index contributed by atoms with van der Waals surface area (Å²) in [6.07, 6.45) is 0.508. The zero-order chi connectivity index (χ0) is 21.9. The van der Waals surface area contributed by atoms with Gasteiger partial charge in [0.05, 0.1) is 5.56 Å². The van der Waals surface area contributed by atoms with Gasteiger partial charge in [0.2, 0.25) is 0 Å². The summed E-state index contributed by atoms with van der Waals surface area (Å²) < 4.78 is 12.2. The number of fused-ring (bicyclic) bond motifs is 6. The molecule has 0 aliphatic carbocycles. The van der Waals surface area contributed by atoms with Gasteiger partial charge in [0.15, 0.2) is 5.60 Å². The van der Waals surface area contributed by atoms with Crippen LogP contribution in [0.15, 0.2) is 84.9 Å². The molecule has 2 heterocycles. The number of hydrogen-bond donors (Lipinski definition) is 2. The number of phenols is 2. The highest BCUT2D eigenvalue weighted by atomic mass is 16.6. The van der Waals surface area contributed by atoms with Crippen LogP contribution >= 0.6 is 0 Å². The van der Waals surface area contributed by atoms with E-state index in [-0.39, 0.29) is 11.5 Å². The van der Waals surface area contributed by atoms with Crippen molar-refractivity contribution in [2.24, 2.45) is 0 Å². The second-order valence-corrected chi connectivity index (χ2v) is 8.04. The molecule has 0 bridgehead atoms. The Morgan fingerprint density at radius 1 is 0.750 bits per heavy atom. The van der Waals surface area contributed by atoms with Crippen LogP contribution in [-0.2, 0) is 16.8 Å². The first kappa shape index (κ1) is 18.5. The monoisotopic (exact) mass is 422 g/mol. The van der Waals surface area contributed by atoms with Crippen LogP contribution in [0.2, 0.25) is 0 Å². The van der Waals surface area contributed by atoms with Crippen LogP contribution in [0, 0.1) is 0 Å². The summed E-state index contributed by atoms with van der Waals surface area (Å²) in [4.78, 5) is 12.9. The second kappa shape index (κ2) is 6.62. The summed E-state index contributed by atoms with van der Waals surface area (Å²) in [5, 5.41) is 20.8. The van der Waals surface area contributed by atoms with Crippen molar-refractivity contribution in [3.8, 4) is 23.0 Å². The molecule has 0 amide bonds. The third-order valence-electron chi connectivity index (χ3n) is 6.13. The molecule has 1 atom stereocenters. The molecule has 2 N–H and O–H groups in total. The predicted molar refractivity (Wildman–Crippen MR) is 117 cm³/mol. The van der Waals surface area contributed by atoms with Crippen molar-refractivity contribution in [2.45, 2.75) is 12.0 Å². The highest BCUT2D eigenvalue weighted by Gasteiger charge is 2.53. The maximum atomic E-state index is 12.9. The van der Waals surface area contributed by atoms with Gasteiger partial charge in [0, 0.05) is 35.2 Å². The summed E-state index contributed by atoms with van der Waals surface area (Å²) in [5.74, 6) is 0.443. The van der Waals surface area contributed by atoms with Gasteiger partial charge >= 0.3 is 5.97 Å². The molecule has 5 heteroatoms. The molecular formula is C27H18O5. The van der Waals surface area contributed by atoms with Crippen molar-refractivity contribution in [3.05, 3.63) is 118 Å². The van der Waals surface area contributed by atoms with Gasteiger partial charge in [-0.1, -0.05) is 48.5 Å². The molecule has 0 fully saturated rings. The van der Waals surface area contributed by atoms with Crippen molar-refractivity contribution in [1.82, 2.24) is 0 Å². The van der Waals surface area contributed by atoms with Gasteiger partial charge < -0.3 is 19.7 Å². The lowest BCUT2D eigenvalue weighted by molar-refractivity contribution is 0.0224. The first-order chi connectivity index (χ1) is 15.6. The lowest BCUT2D eigenvalue weighted by atomic mass is 9.77. The third-order valence-corrected chi connectivity index (χ3v) is 6.13. The number of carbonyl (C=O) groups is 1. The fourth-order valence-electron chi connectivity index (χ4n) is 4.70. The Labute approximate surface area is 184 Å². The molecular weight excluding hydrogens is 404 g/mol. The van der Waals surface area contributed by atoms with Gasteiger partial charge in [0.1, 0.15) is 23.0 Å². The number of esters is 1. The molecule has 0 radical (unpaired) electrons. The highest BCUT2D eigenvalue weighted by molar-refractivity contribution is 5.97. The van der Waals surface area contributed by atoms with E-state index in [9.17, 15) is 15.0 Å². The Hall–Kier alpha value is -4.25. The van der Waals surface area contributed by atoms with Crippen LogP contribution in [-0.4, -0.2) is 16.2 Å². The maximum absolute atomic E-state index is 12.9. The average molecular weight is 422 g/mol. The number of rotatable bonds is 2. The summed E-state index contributed by atoms with van der Waals surface area (Å²) in [7, 11) is 0. The standard InChI is InChI=1S/C27H18O5/c28-18-10-11-21-24(14-18)31-25-15-23(29)17(12-16-6-2-1-3-7-16)13-22(25)27(21)20-9-5-4-8-19(20)26(30)32-27/h1-11,13-15,28-29H,12H2. The summed E-state index contributed by atoms with van der Waals surface area (Å²) in [5.41, 5.74) is 2.96. The minimum atomic E-state index is -1.23. The van der Waals surface area contributed by atoms with Crippen LogP contribution in [0.25, 0.3) is 0 Å². The molecule has 2 aliphatic rings. The van der Waals surface area contributed by atoms with Gasteiger partial charge in [-0.05, 0) is 35.4 Å². The number of phenolic OH excluding ortho intramolecular Hbond substituents is 2. The van der Waals surface area contributed by atoms with Crippen LogP contribution < -0.4 is 4.74 Å². The first-order valence-electron chi connectivity index (χ1n) is 10.3. The van der Waals surface area contributed by atoms with E-state index in [0.717, 1.165) is 5.56 Å². The molecule has 4 aromatic carbocycles. The van der Waals surface area contributed by atoms with Crippen molar-refractivity contribution in [2.75, 3.05) is 0 Å². The SMILES string of the molecule is O=C1OC2(c3ccc(O)cc3Oc3cc(O)c(Cc4ccccc4)cc32)c2ccccc21. The average Bonchev–Trinajstić information content (AvgIpc) is 3.09. The molecule has 1 unspecified atom stereocenters. The summed E-state index contributed by atoms with van der Waals surface area (Å²) in [6.45, 7) is 0. The Morgan fingerprint density at radius 3 is 2.34 bits per heavy atom. The third kappa shape index (κ3) is 2.54. The largest absolute Gasteiger partial charge is 0.508 e. The van der Waals surface area contributed by atoms with Crippen LogP contribution in [0.1, 0.15) is 38.2 Å². The number of hydrogen-bond acceptors (Lipinski definition) is 5. The van der Waals surface area contributed by atoms with Gasteiger partial charge in [-0.15, -0.1) is 0 Å². The van der Waals surface area contributed by atoms with E-state index in [0.29, 0.717) is 45.7 Å². The summed E-state index contributed by atoms with van der Waals surface area (Å²) in [6, 6.07) is 25.3. The Balaban J connectivity index is 1.62. The molecule has 0 saturated heterocycles. The molecule has 0 saturated carbocycles. The molecule has 6 rings (SSSR count).